The summed E-state index contributed by atoms with van der Waals surface area (Å²) in [6, 6.07) is 13.4. The average molecular weight is 605 g/mol. The molecule has 0 aliphatic rings. The zero-order valence-electron chi connectivity index (χ0n) is 23.8. The van der Waals surface area contributed by atoms with Crippen molar-refractivity contribution in [2.75, 3.05) is 13.2 Å². The van der Waals surface area contributed by atoms with Gasteiger partial charge >= 0.3 is 20.2 Å². The van der Waals surface area contributed by atoms with Crippen LogP contribution in [-0.2, 0) is 20.2 Å². The largest absolute Gasteiger partial charge is 0.494 e. The lowest BCUT2D eigenvalue weighted by Gasteiger charge is -2.17. The third-order valence-electron chi connectivity index (χ3n) is 5.43. The highest BCUT2D eigenvalue weighted by atomic mass is 32.2. The summed E-state index contributed by atoms with van der Waals surface area (Å²) in [5.41, 5.74) is -2.75. The fourth-order valence-corrected chi connectivity index (χ4v) is 4.74. The van der Waals surface area contributed by atoms with Crippen LogP contribution in [-0.4, -0.2) is 50.0 Å². The van der Waals surface area contributed by atoms with Crippen molar-refractivity contribution >= 4 is 20.2 Å². The Balaban J connectivity index is 0.000000433. The molecule has 0 fully saturated rings. The average Bonchev–Trinajstić information content (AvgIpc) is 2.90. The van der Waals surface area contributed by atoms with Gasteiger partial charge in [0.2, 0.25) is 10.9 Å². The Bertz CT molecular complexity index is 1060. The van der Waals surface area contributed by atoms with E-state index in [2.05, 4.69) is 13.8 Å². The van der Waals surface area contributed by atoms with Crippen LogP contribution in [0.2, 0.25) is 0 Å². The van der Waals surface area contributed by atoms with Gasteiger partial charge in [-0.3, -0.25) is 9.11 Å². The molecule has 2 aromatic carbocycles. The van der Waals surface area contributed by atoms with E-state index < -0.39 is 31.1 Å². The van der Waals surface area contributed by atoms with Gasteiger partial charge in [0.25, 0.3) is 0 Å². The number of unbranched alkanes of at least 4 members (excludes halogenated alkanes) is 2. The molecule has 2 aromatic rings. The topological polar surface area (TPSA) is 146 Å². The molecule has 40 heavy (non-hydrogen) atoms. The minimum atomic E-state index is -4.35. The Labute approximate surface area is 239 Å². The van der Waals surface area contributed by atoms with E-state index in [1.807, 2.05) is 24.3 Å². The van der Waals surface area contributed by atoms with Gasteiger partial charge in [-0.15, -0.1) is 0 Å². The molecular formula is C28H44O10S2. The Morgan fingerprint density at radius 3 is 1.10 bits per heavy atom. The van der Waals surface area contributed by atoms with Crippen LogP contribution in [0.5, 0.6) is 23.0 Å². The summed E-state index contributed by atoms with van der Waals surface area (Å²) >= 11 is 0. The minimum Gasteiger partial charge on any atom is -0.494 e. The number of rotatable bonds is 18. The van der Waals surface area contributed by atoms with Gasteiger partial charge in [0, 0.05) is 12.8 Å². The molecule has 0 aliphatic heterocycles. The quantitative estimate of drug-likeness (QED) is 0.142. The first kappa shape index (κ1) is 35.5. The molecule has 0 aliphatic carbocycles. The van der Waals surface area contributed by atoms with E-state index in [-0.39, 0.29) is 24.3 Å². The molecule has 228 valence electrons. The van der Waals surface area contributed by atoms with Crippen LogP contribution in [0.25, 0.3) is 0 Å². The highest BCUT2D eigenvalue weighted by Crippen LogP contribution is 2.23. The fourth-order valence-electron chi connectivity index (χ4n) is 3.21. The summed E-state index contributed by atoms with van der Waals surface area (Å²) in [6.07, 6.45) is 5.79. The molecular weight excluding hydrogens is 560 g/mol. The minimum absolute atomic E-state index is 0.123. The van der Waals surface area contributed by atoms with Crippen molar-refractivity contribution in [1.82, 2.24) is 0 Å². The molecule has 2 unspecified atom stereocenters. The normalized spacial score (nSPS) is 12.9. The van der Waals surface area contributed by atoms with Gasteiger partial charge in [-0.05, 0) is 61.4 Å². The maximum Gasteiger partial charge on any atom is 0.303 e. The van der Waals surface area contributed by atoms with Crippen molar-refractivity contribution in [2.45, 2.75) is 89.9 Å². The van der Waals surface area contributed by atoms with Crippen molar-refractivity contribution in [2.24, 2.45) is 0 Å². The van der Waals surface area contributed by atoms with E-state index in [1.165, 1.54) is 24.3 Å². The summed E-state index contributed by atoms with van der Waals surface area (Å²) in [5, 5.41) is 0. The van der Waals surface area contributed by atoms with Crippen molar-refractivity contribution in [3.8, 4) is 23.0 Å². The third kappa shape index (κ3) is 14.7. The molecule has 2 atom stereocenters. The van der Waals surface area contributed by atoms with Crippen LogP contribution in [0, 0.1) is 0 Å². The Morgan fingerprint density at radius 1 is 0.550 bits per heavy atom. The molecule has 0 radical (unpaired) electrons. The second-order valence-electron chi connectivity index (χ2n) is 9.05. The summed E-state index contributed by atoms with van der Waals surface area (Å²) < 4.78 is 84.8. The Kier molecular flexibility index (Phi) is 16.6. The second-order valence-corrected chi connectivity index (χ2v) is 12.2. The van der Waals surface area contributed by atoms with Crippen molar-refractivity contribution in [1.29, 1.82) is 0 Å². The van der Waals surface area contributed by atoms with Crippen LogP contribution < -0.4 is 18.9 Å². The molecule has 0 spiro atoms. The van der Waals surface area contributed by atoms with E-state index in [0.717, 1.165) is 50.4 Å². The highest BCUT2D eigenvalue weighted by molar-refractivity contribution is 7.86. The molecule has 2 rings (SSSR count). The number of benzene rings is 2. The summed E-state index contributed by atoms with van der Waals surface area (Å²) in [4.78, 5) is 0. The van der Waals surface area contributed by atoms with E-state index in [9.17, 15) is 16.8 Å². The van der Waals surface area contributed by atoms with Crippen LogP contribution in [0.15, 0.2) is 48.5 Å². The van der Waals surface area contributed by atoms with Crippen LogP contribution in [0.1, 0.15) is 79.1 Å². The highest BCUT2D eigenvalue weighted by Gasteiger charge is 2.25. The van der Waals surface area contributed by atoms with Crippen LogP contribution in [0.3, 0.4) is 0 Å². The van der Waals surface area contributed by atoms with Gasteiger partial charge in [0.05, 0.1) is 13.2 Å². The second kappa shape index (κ2) is 18.7. The smallest absolute Gasteiger partial charge is 0.303 e. The molecule has 10 nitrogen and oxygen atoms in total. The Morgan fingerprint density at radius 2 is 0.850 bits per heavy atom. The molecule has 12 heteroatoms. The van der Waals surface area contributed by atoms with E-state index in [1.54, 1.807) is 13.8 Å². The first-order valence-corrected chi connectivity index (χ1v) is 16.7. The Hall–Kier alpha value is -2.54. The van der Waals surface area contributed by atoms with E-state index in [4.69, 9.17) is 28.1 Å². The van der Waals surface area contributed by atoms with Crippen molar-refractivity contribution < 1.29 is 44.9 Å². The number of hydrogen-bond donors (Lipinski definition) is 2. The zero-order valence-corrected chi connectivity index (χ0v) is 25.5. The molecule has 0 saturated carbocycles. The molecule has 0 saturated heterocycles. The van der Waals surface area contributed by atoms with Gasteiger partial charge in [0.1, 0.15) is 23.0 Å². The lowest BCUT2D eigenvalue weighted by molar-refractivity contribution is 0.239. The number of hydrogen-bond acceptors (Lipinski definition) is 8. The monoisotopic (exact) mass is 604 g/mol. The van der Waals surface area contributed by atoms with E-state index >= 15 is 0 Å². The van der Waals surface area contributed by atoms with Crippen LogP contribution >= 0.6 is 0 Å². The predicted octanol–water partition coefficient (Wildman–Crippen LogP) is 6.52. The lowest BCUT2D eigenvalue weighted by atomic mass is 10.3. The molecule has 0 aromatic heterocycles. The van der Waals surface area contributed by atoms with Crippen molar-refractivity contribution in [3.63, 3.8) is 0 Å². The first-order chi connectivity index (χ1) is 18.9. The number of ether oxygens (including phenoxy) is 4. The van der Waals surface area contributed by atoms with Gasteiger partial charge in [-0.25, -0.2) is 0 Å². The maximum absolute atomic E-state index is 11.2. The zero-order chi connectivity index (χ0) is 30.0. The van der Waals surface area contributed by atoms with Gasteiger partial charge in [0.15, 0.2) is 0 Å². The SMILES string of the molecule is CCCC(Oc1ccc(OC(CCC)S(=O)(=O)O)cc1)S(=O)(=O)O.CCCCOc1ccc(OCCCC)cc1. The van der Waals surface area contributed by atoms with E-state index in [0.29, 0.717) is 12.8 Å². The van der Waals surface area contributed by atoms with Gasteiger partial charge < -0.3 is 18.9 Å². The summed E-state index contributed by atoms with van der Waals surface area (Å²) in [7, 11) is -8.69. The van der Waals surface area contributed by atoms with Crippen molar-refractivity contribution in [3.05, 3.63) is 48.5 Å². The van der Waals surface area contributed by atoms with Crippen LogP contribution in [0.4, 0.5) is 0 Å². The molecule has 0 heterocycles. The molecule has 0 bridgehead atoms. The first-order valence-electron chi connectivity index (χ1n) is 13.7. The summed E-state index contributed by atoms with van der Waals surface area (Å²) in [5.74, 6) is 2.21. The molecule has 2 N–H and O–H groups in total. The molecule has 0 amide bonds. The summed E-state index contributed by atoms with van der Waals surface area (Å²) in [6.45, 7) is 9.42. The lowest BCUT2D eigenvalue weighted by Crippen LogP contribution is -2.27. The van der Waals surface area contributed by atoms with Gasteiger partial charge in [-0.2, -0.15) is 16.8 Å². The predicted molar refractivity (Wildman–Crippen MR) is 155 cm³/mol. The maximum atomic E-state index is 11.2. The van der Waals surface area contributed by atoms with Gasteiger partial charge in [-0.1, -0.05) is 53.4 Å². The standard InChI is InChI=1S/C14H22O8S2.C14H22O2/c1-3-5-13(23(15,16)17)21-11-7-9-12(10-8-11)22-14(6-4-2)24(18,19)20;1-3-5-11-15-13-7-9-14(10-8-13)16-12-6-4-2/h7-10,13-14H,3-6H2,1-2H3,(H,15,16,17)(H,18,19,20);7-10H,3-6,11-12H2,1-2H3. The fraction of sp³-hybridized carbons (Fsp3) is 0.571. The third-order valence-corrected chi connectivity index (χ3v) is 7.42.